The molecule has 0 aromatic rings. The number of rotatable bonds is 17. The number of hydrogen-bond donors (Lipinski definition) is 2. The van der Waals surface area contributed by atoms with E-state index in [0.29, 0.717) is 13.0 Å². The van der Waals surface area contributed by atoms with E-state index >= 15 is 0 Å². The number of carbonyl (C=O) groups excluding carboxylic acids is 1. The van der Waals surface area contributed by atoms with E-state index in [1.807, 2.05) is 0 Å². The van der Waals surface area contributed by atoms with Crippen LogP contribution >= 0.6 is 7.60 Å². The van der Waals surface area contributed by atoms with Crippen LogP contribution in [0.1, 0.15) is 89.9 Å². The van der Waals surface area contributed by atoms with Gasteiger partial charge in [-0.1, -0.05) is 70.6 Å². The van der Waals surface area contributed by atoms with Gasteiger partial charge in [-0.2, -0.15) is 0 Å². The summed E-state index contributed by atoms with van der Waals surface area (Å²) in [6.45, 7) is 0.396. The second-order valence-corrected chi connectivity index (χ2v) is 9.54. The molecule has 0 aromatic heterocycles. The Bertz CT molecular complexity index is 417. The standard InChI is InChI=1S/C20H39O6P/c21-15-13-11-9-7-5-3-1-2-4-6-8-10-12-14-16-25-20-18-27(23,24)26-17-19(20)22/h15,19-20,22H,1-14,16-18H2,(H,23,24)/t19-,20+/m1/s1. The Morgan fingerprint density at radius 1 is 0.889 bits per heavy atom. The predicted octanol–water partition coefficient (Wildman–Crippen LogP) is 4.61. The van der Waals surface area contributed by atoms with Crippen molar-refractivity contribution in [2.45, 2.75) is 102 Å². The Hall–Kier alpha value is -0.260. The molecule has 1 aliphatic rings. The lowest BCUT2D eigenvalue weighted by Gasteiger charge is -2.30. The molecule has 1 rings (SSSR count). The largest absolute Gasteiger partial charge is 0.388 e. The van der Waals surface area contributed by atoms with Crippen molar-refractivity contribution in [1.82, 2.24) is 0 Å². The van der Waals surface area contributed by atoms with Gasteiger partial charge in [0.05, 0.1) is 18.9 Å². The molecule has 0 aliphatic carbocycles. The summed E-state index contributed by atoms with van der Waals surface area (Å²) in [4.78, 5) is 19.6. The molecule has 160 valence electrons. The first-order valence-electron chi connectivity index (χ1n) is 10.7. The minimum atomic E-state index is -3.57. The van der Waals surface area contributed by atoms with Gasteiger partial charge in [-0.05, 0) is 12.8 Å². The number of aldehydes is 1. The molecule has 1 fully saturated rings. The van der Waals surface area contributed by atoms with Crippen LogP contribution in [0.15, 0.2) is 0 Å². The summed E-state index contributed by atoms with van der Waals surface area (Å²) in [5, 5.41) is 9.73. The zero-order valence-corrected chi connectivity index (χ0v) is 17.6. The van der Waals surface area contributed by atoms with Gasteiger partial charge in [0.1, 0.15) is 12.4 Å². The Kier molecular flexibility index (Phi) is 14.4. The second kappa shape index (κ2) is 15.6. The minimum absolute atomic E-state index is 0.118. The van der Waals surface area contributed by atoms with Gasteiger partial charge in [0.25, 0.3) is 0 Å². The molecule has 0 bridgehead atoms. The molecular formula is C20H39O6P. The van der Waals surface area contributed by atoms with E-state index in [0.717, 1.165) is 25.5 Å². The highest BCUT2D eigenvalue weighted by Gasteiger charge is 2.36. The van der Waals surface area contributed by atoms with Crippen LogP contribution < -0.4 is 0 Å². The third-order valence-corrected chi connectivity index (χ3v) is 6.46. The van der Waals surface area contributed by atoms with E-state index in [4.69, 9.17) is 9.26 Å². The molecule has 7 heteroatoms. The zero-order chi connectivity index (χ0) is 19.8. The van der Waals surface area contributed by atoms with Crippen molar-refractivity contribution in [2.24, 2.45) is 0 Å². The Balaban J connectivity index is 1.80. The summed E-state index contributed by atoms with van der Waals surface area (Å²) < 4.78 is 21.8. The number of unbranched alkanes of at least 4 members (excludes halogenated alkanes) is 13. The predicted molar refractivity (Wildman–Crippen MR) is 107 cm³/mol. The monoisotopic (exact) mass is 406 g/mol. The van der Waals surface area contributed by atoms with Crippen molar-refractivity contribution in [3.8, 4) is 0 Å². The number of aliphatic hydroxyl groups excluding tert-OH is 1. The molecule has 27 heavy (non-hydrogen) atoms. The lowest BCUT2D eigenvalue weighted by molar-refractivity contribution is -0.107. The summed E-state index contributed by atoms with van der Waals surface area (Å²) in [5.74, 6) is 0. The molecule has 3 atom stereocenters. The first kappa shape index (κ1) is 24.8. The highest BCUT2D eigenvalue weighted by molar-refractivity contribution is 7.52. The first-order valence-corrected chi connectivity index (χ1v) is 12.5. The maximum Gasteiger partial charge on any atom is 0.330 e. The van der Waals surface area contributed by atoms with Crippen LogP contribution in [0.3, 0.4) is 0 Å². The summed E-state index contributed by atoms with van der Waals surface area (Å²) >= 11 is 0. The molecule has 1 unspecified atom stereocenters. The minimum Gasteiger partial charge on any atom is -0.388 e. The van der Waals surface area contributed by atoms with Gasteiger partial charge < -0.3 is 24.1 Å². The maximum atomic E-state index is 11.5. The SMILES string of the molecule is O=CCCCCCCCCCCCCCCCO[C@H]1CP(=O)(O)OC[C@H]1O. The third-order valence-electron chi connectivity index (χ3n) is 5.09. The summed E-state index contributed by atoms with van der Waals surface area (Å²) in [6, 6.07) is 0. The fourth-order valence-corrected chi connectivity index (χ4v) is 4.67. The fraction of sp³-hybridized carbons (Fsp3) is 0.950. The summed E-state index contributed by atoms with van der Waals surface area (Å²) in [6.07, 6.45) is 16.0. The molecule has 1 saturated heterocycles. The van der Waals surface area contributed by atoms with Crippen molar-refractivity contribution in [2.75, 3.05) is 19.4 Å². The van der Waals surface area contributed by atoms with Crippen molar-refractivity contribution in [3.63, 3.8) is 0 Å². The van der Waals surface area contributed by atoms with Crippen molar-refractivity contribution in [1.29, 1.82) is 0 Å². The van der Waals surface area contributed by atoms with Gasteiger partial charge in [0.15, 0.2) is 0 Å². The van der Waals surface area contributed by atoms with Crippen LogP contribution in [-0.4, -0.2) is 47.9 Å². The quantitative estimate of drug-likeness (QED) is 0.208. The molecule has 0 saturated carbocycles. The second-order valence-electron chi connectivity index (χ2n) is 7.64. The molecule has 2 N–H and O–H groups in total. The molecule has 0 spiro atoms. The molecule has 0 amide bonds. The van der Waals surface area contributed by atoms with Crippen molar-refractivity contribution in [3.05, 3.63) is 0 Å². The number of carbonyl (C=O) groups is 1. The molecule has 0 radical (unpaired) electrons. The van der Waals surface area contributed by atoms with Crippen molar-refractivity contribution < 1.29 is 28.6 Å². The van der Waals surface area contributed by atoms with Crippen LogP contribution in [0.4, 0.5) is 0 Å². The van der Waals surface area contributed by atoms with Crippen molar-refractivity contribution >= 4 is 13.9 Å². The van der Waals surface area contributed by atoms with E-state index in [9.17, 15) is 19.4 Å². The molecular weight excluding hydrogens is 367 g/mol. The van der Waals surface area contributed by atoms with Gasteiger partial charge in [-0.3, -0.25) is 4.57 Å². The molecule has 1 aliphatic heterocycles. The van der Waals surface area contributed by atoms with Crippen LogP contribution in [0.5, 0.6) is 0 Å². The van der Waals surface area contributed by atoms with Gasteiger partial charge in [0.2, 0.25) is 0 Å². The fourth-order valence-electron chi connectivity index (χ4n) is 3.37. The molecule has 1 heterocycles. The van der Waals surface area contributed by atoms with E-state index in [-0.39, 0.29) is 12.8 Å². The van der Waals surface area contributed by atoms with E-state index in [2.05, 4.69) is 0 Å². The highest BCUT2D eigenvalue weighted by atomic mass is 31.2. The smallest absolute Gasteiger partial charge is 0.330 e. The topological polar surface area (TPSA) is 93.1 Å². The van der Waals surface area contributed by atoms with E-state index < -0.39 is 19.8 Å². The highest BCUT2D eigenvalue weighted by Crippen LogP contribution is 2.46. The number of hydrogen-bond acceptors (Lipinski definition) is 5. The molecule has 0 aromatic carbocycles. The Morgan fingerprint density at radius 2 is 1.37 bits per heavy atom. The van der Waals surface area contributed by atoms with Gasteiger partial charge in [0, 0.05) is 13.0 Å². The van der Waals surface area contributed by atoms with Crippen LogP contribution in [0.25, 0.3) is 0 Å². The van der Waals surface area contributed by atoms with Gasteiger partial charge in [-0.25, -0.2) is 0 Å². The average molecular weight is 407 g/mol. The van der Waals surface area contributed by atoms with Crippen LogP contribution in [0, 0.1) is 0 Å². The third kappa shape index (κ3) is 13.5. The number of aliphatic hydroxyl groups is 1. The summed E-state index contributed by atoms with van der Waals surface area (Å²) in [5.41, 5.74) is 0. The van der Waals surface area contributed by atoms with E-state index in [1.54, 1.807) is 0 Å². The van der Waals surface area contributed by atoms with E-state index in [1.165, 1.54) is 64.2 Å². The maximum absolute atomic E-state index is 11.5. The molecule has 6 nitrogen and oxygen atoms in total. The average Bonchev–Trinajstić information content (AvgIpc) is 2.64. The number of ether oxygens (including phenoxy) is 1. The lowest BCUT2D eigenvalue weighted by Crippen LogP contribution is -2.40. The van der Waals surface area contributed by atoms with Crippen LogP contribution in [0.2, 0.25) is 0 Å². The first-order chi connectivity index (χ1) is 13.0. The Labute approximate surface area is 164 Å². The normalized spacial score (nSPS) is 25.6. The zero-order valence-electron chi connectivity index (χ0n) is 16.7. The lowest BCUT2D eigenvalue weighted by atomic mass is 10.0. The van der Waals surface area contributed by atoms with Crippen LogP contribution in [-0.2, 0) is 18.6 Å². The van der Waals surface area contributed by atoms with Gasteiger partial charge in [-0.15, -0.1) is 0 Å². The summed E-state index contributed by atoms with van der Waals surface area (Å²) in [7, 11) is -3.57. The Morgan fingerprint density at radius 3 is 1.89 bits per heavy atom. The van der Waals surface area contributed by atoms with Gasteiger partial charge >= 0.3 is 7.60 Å².